The maximum Gasteiger partial charge on any atom is 0.435 e. The maximum absolute atomic E-state index is 13.0. The van der Waals surface area contributed by atoms with Crippen LogP contribution in [0.4, 0.5) is 21.9 Å². The van der Waals surface area contributed by atoms with Crippen molar-refractivity contribution in [2.45, 2.75) is 44.2 Å². The highest BCUT2D eigenvalue weighted by molar-refractivity contribution is 5.90. The predicted molar refractivity (Wildman–Crippen MR) is 113 cm³/mol. The average molecular weight is 472 g/mol. The summed E-state index contributed by atoms with van der Waals surface area (Å²) in [6.45, 7) is 3.77. The van der Waals surface area contributed by atoms with Crippen molar-refractivity contribution in [1.29, 1.82) is 0 Å². The third-order valence-electron chi connectivity index (χ3n) is 5.79. The largest absolute Gasteiger partial charge is 0.435 e. The van der Waals surface area contributed by atoms with E-state index in [1.807, 2.05) is 0 Å². The smallest absolute Gasteiger partial charge is 0.354 e. The Morgan fingerprint density at radius 2 is 1.53 bits per heavy atom. The summed E-state index contributed by atoms with van der Waals surface area (Å²) in [7, 11) is 0. The van der Waals surface area contributed by atoms with E-state index in [4.69, 9.17) is 19.0 Å². The molecule has 0 N–H and O–H groups in total. The first kappa shape index (κ1) is 22.2. The number of hydrogen-bond acceptors (Lipinski definition) is 10. The number of rotatable bonds is 5. The molecule has 0 bridgehead atoms. The van der Waals surface area contributed by atoms with Gasteiger partial charge in [-0.15, -0.1) is 0 Å². The molecule has 178 valence electrons. The van der Waals surface area contributed by atoms with Crippen molar-refractivity contribution in [1.82, 2.24) is 5.06 Å². The van der Waals surface area contributed by atoms with Crippen molar-refractivity contribution in [3.8, 4) is 0 Å². The highest BCUT2D eigenvalue weighted by atomic mass is 16.8. The molecular weight excluding hydrogens is 452 g/mol. The molecule has 13 nitrogen and oxygen atoms in total. The van der Waals surface area contributed by atoms with Crippen LogP contribution in [-0.2, 0) is 19.0 Å². The molecule has 0 unspecified atom stereocenters. The van der Waals surface area contributed by atoms with E-state index in [1.165, 1.54) is 58.5 Å². The van der Waals surface area contributed by atoms with Gasteiger partial charge < -0.3 is 19.0 Å². The Balaban J connectivity index is 1.54. The van der Waals surface area contributed by atoms with Gasteiger partial charge in [-0.05, 0) is 43.7 Å². The van der Waals surface area contributed by atoms with Gasteiger partial charge in [0.2, 0.25) is 0 Å². The van der Waals surface area contributed by atoms with Crippen molar-refractivity contribution in [3.05, 3.63) is 74.3 Å². The Morgan fingerprint density at radius 3 is 2.12 bits per heavy atom. The van der Waals surface area contributed by atoms with Crippen LogP contribution in [0.15, 0.2) is 48.5 Å². The molecule has 3 heterocycles. The molecule has 3 aliphatic heterocycles. The molecule has 3 fully saturated rings. The van der Waals surface area contributed by atoms with Crippen LogP contribution in [0, 0.1) is 20.2 Å². The summed E-state index contributed by atoms with van der Waals surface area (Å²) in [5.41, 5.74) is 0.578. The number of nitro groups is 2. The summed E-state index contributed by atoms with van der Waals surface area (Å²) in [4.78, 5) is 41.0. The van der Waals surface area contributed by atoms with Gasteiger partial charge in [0.05, 0.1) is 16.5 Å². The van der Waals surface area contributed by atoms with Gasteiger partial charge in [0.1, 0.15) is 12.2 Å². The molecule has 13 heteroatoms. The highest BCUT2D eigenvalue weighted by Crippen LogP contribution is 2.44. The molecule has 3 saturated heterocycles. The van der Waals surface area contributed by atoms with Gasteiger partial charge in [-0.3, -0.25) is 25.1 Å². The Hall–Kier alpha value is -3.65. The first-order chi connectivity index (χ1) is 16.1. The van der Waals surface area contributed by atoms with Crippen LogP contribution in [0.25, 0.3) is 0 Å². The lowest BCUT2D eigenvalue weighted by Gasteiger charge is -2.31. The fraction of sp³-hybridized carbons (Fsp3) is 0.381. The minimum absolute atomic E-state index is 0.117. The Kier molecular flexibility index (Phi) is 5.20. The summed E-state index contributed by atoms with van der Waals surface area (Å²) in [5, 5.41) is 23.5. The van der Waals surface area contributed by atoms with E-state index < -0.39 is 40.2 Å². The van der Waals surface area contributed by atoms with E-state index in [-0.39, 0.29) is 24.1 Å². The zero-order valence-corrected chi connectivity index (χ0v) is 18.1. The SMILES string of the molecule is CC1(C)O[C@H]2[C@H](N3OC(=O)N(c4ccc([N+](=O)[O-])cc4)[C@@H]3c3ccc([N+](=O)[O-])cc3)OC[C@H]2O1. The molecule has 2 aromatic carbocycles. The molecule has 2 aromatic rings. The van der Waals surface area contributed by atoms with Gasteiger partial charge in [-0.1, -0.05) is 5.06 Å². The van der Waals surface area contributed by atoms with Crippen LogP contribution < -0.4 is 4.90 Å². The molecule has 34 heavy (non-hydrogen) atoms. The summed E-state index contributed by atoms with van der Waals surface area (Å²) in [6.07, 6.45) is -3.39. The van der Waals surface area contributed by atoms with Crippen LogP contribution in [0.1, 0.15) is 25.6 Å². The van der Waals surface area contributed by atoms with Gasteiger partial charge in [0.25, 0.3) is 11.4 Å². The van der Waals surface area contributed by atoms with Crippen molar-refractivity contribution in [3.63, 3.8) is 0 Å². The number of carbonyl (C=O) groups excluding carboxylic acids is 1. The van der Waals surface area contributed by atoms with E-state index in [2.05, 4.69) is 0 Å². The normalized spacial score (nSPS) is 28.1. The first-order valence-electron chi connectivity index (χ1n) is 10.4. The van der Waals surface area contributed by atoms with E-state index in [1.54, 1.807) is 13.8 Å². The summed E-state index contributed by atoms with van der Waals surface area (Å²) in [5.74, 6) is -0.845. The molecule has 0 aliphatic carbocycles. The number of benzene rings is 2. The van der Waals surface area contributed by atoms with E-state index >= 15 is 0 Å². The number of amides is 1. The van der Waals surface area contributed by atoms with Crippen molar-refractivity contribution in [2.75, 3.05) is 11.5 Å². The standard InChI is InChI=1S/C21H20N4O9/c1-21(2)32-16-11-31-19(17(16)33-21)23-18(12-3-5-14(6-4-12)24(27)28)22(20(26)34-23)13-7-9-15(10-8-13)25(29)30/h3-10,16-19H,11H2,1-2H3/t16-,17-,18+,19-/m1/s1. The summed E-state index contributed by atoms with van der Waals surface area (Å²) in [6, 6.07) is 11.1. The van der Waals surface area contributed by atoms with Gasteiger partial charge >= 0.3 is 6.09 Å². The van der Waals surface area contributed by atoms with Crippen LogP contribution in [0.2, 0.25) is 0 Å². The predicted octanol–water partition coefficient (Wildman–Crippen LogP) is 3.25. The number of ether oxygens (including phenoxy) is 3. The topological polar surface area (TPSA) is 147 Å². The number of carbonyl (C=O) groups is 1. The zero-order valence-electron chi connectivity index (χ0n) is 18.1. The first-order valence-corrected chi connectivity index (χ1v) is 10.4. The van der Waals surface area contributed by atoms with E-state index in [0.717, 1.165) is 0 Å². The van der Waals surface area contributed by atoms with Crippen molar-refractivity contribution < 1.29 is 33.7 Å². The van der Waals surface area contributed by atoms with Gasteiger partial charge in [-0.2, -0.15) is 0 Å². The number of hydrogen-bond donors (Lipinski definition) is 0. The molecule has 0 spiro atoms. The quantitative estimate of drug-likeness (QED) is 0.469. The zero-order chi connectivity index (χ0) is 24.2. The molecular formula is C21H20N4O9. The van der Waals surface area contributed by atoms with Crippen LogP contribution in [0.5, 0.6) is 0 Å². The van der Waals surface area contributed by atoms with Gasteiger partial charge in [0.15, 0.2) is 18.2 Å². The molecule has 4 atom stereocenters. The number of fused-ring (bicyclic) bond motifs is 1. The number of anilines is 1. The Morgan fingerprint density at radius 1 is 0.941 bits per heavy atom. The van der Waals surface area contributed by atoms with Crippen molar-refractivity contribution >= 4 is 23.2 Å². The highest BCUT2D eigenvalue weighted by Gasteiger charge is 2.57. The number of hydroxylamine groups is 2. The fourth-order valence-electron chi connectivity index (χ4n) is 4.37. The van der Waals surface area contributed by atoms with Crippen molar-refractivity contribution in [2.24, 2.45) is 0 Å². The Labute approximate surface area is 192 Å². The van der Waals surface area contributed by atoms with Crippen LogP contribution in [-0.4, -0.2) is 51.8 Å². The molecule has 0 radical (unpaired) electrons. The van der Waals surface area contributed by atoms with Crippen LogP contribution in [0.3, 0.4) is 0 Å². The average Bonchev–Trinajstić information content (AvgIpc) is 3.42. The lowest BCUT2D eigenvalue weighted by Crippen LogP contribution is -2.45. The molecule has 0 aromatic heterocycles. The lowest BCUT2D eigenvalue weighted by atomic mass is 10.1. The maximum atomic E-state index is 13.0. The lowest BCUT2D eigenvalue weighted by molar-refractivity contribution is -0.385. The summed E-state index contributed by atoms with van der Waals surface area (Å²) >= 11 is 0. The van der Waals surface area contributed by atoms with E-state index in [0.29, 0.717) is 11.3 Å². The minimum Gasteiger partial charge on any atom is -0.354 e. The van der Waals surface area contributed by atoms with Gasteiger partial charge in [0, 0.05) is 30.0 Å². The van der Waals surface area contributed by atoms with Crippen LogP contribution >= 0.6 is 0 Å². The molecule has 3 aliphatic rings. The summed E-state index contributed by atoms with van der Waals surface area (Å²) < 4.78 is 17.7. The minimum atomic E-state index is -0.897. The molecule has 0 saturated carbocycles. The number of nitro benzene ring substituents is 2. The third-order valence-corrected chi connectivity index (χ3v) is 5.79. The van der Waals surface area contributed by atoms with Gasteiger partial charge in [-0.25, -0.2) is 4.79 Å². The second-order valence-electron chi connectivity index (χ2n) is 8.45. The second kappa shape index (κ2) is 7.99. The molecule has 5 rings (SSSR count). The third kappa shape index (κ3) is 3.74. The fourth-order valence-corrected chi connectivity index (χ4v) is 4.37. The molecule has 1 amide bonds. The van der Waals surface area contributed by atoms with E-state index in [9.17, 15) is 25.0 Å². The number of non-ortho nitro benzene ring substituents is 2. The second-order valence-corrected chi connectivity index (χ2v) is 8.45. The monoisotopic (exact) mass is 472 g/mol. The Bertz CT molecular complexity index is 1140. The number of nitrogens with zero attached hydrogens (tertiary/aromatic N) is 4.